The summed E-state index contributed by atoms with van der Waals surface area (Å²) in [7, 11) is 1.90. The van der Waals surface area contributed by atoms with E-state index in [2.05, 4.69) is 10.00 Å². The van der Waals surface area contributed by atoms with Gasteiger partial charge in [-0.2, -0.15) is 5.10 Å². The van der Waals surface area contributed by atoms with E-state index < -0.39 is 0 Å². The first-order chi connectivity index (χ1) is 5.77. The maximum absolute atomic E-state index is 5.80. The lowest BCUT2D eigenvalue weighted by Gasteiger charge is -2.13. The molecule has 0 unspecified atom stereocenters. The number of nitrogens with zero attached hydrogens (tertiary/aromatic N) is 3. The Hall–Kier alpha value is -0.610. The number of halogens is 2. The normalized spacial score (nSPS) is 14.8. The first-order valence-corrected chi connectivity index (χ1v) is 4.31. The molecule has 0 aliphatic carbocycles. The monoisotopic (exact) mass is 238 g/mol. The lowest BCUT2D eigenvalue weighted by Crippen LogP contribution is -2.19. The Morgan fingerprint density at radius 3 is 2.29 bits per heavy atom. The van der Waals surface area contributed by atoms with Crippen LogP contribution >= 0.6 is 24.8 Å². The number of aromatic nitrogens is 2. The third-order valence-corrected chi connectivity index (χ3v) is 2.24. The smallest absolute Gasteiger partial charge is 0.173 e. The highest BCUT2D eigenvalue weighted by atomic mass is 35.5. The van der Waals surface area contributed by atoms with Gasteiger partial charge in [-0.3, -0.25) is 4.68 Å². The molecule has 0 bridgehead atoms. The minimum absolute atomic E-state index is 0. The largest absolute Gasteiger partial charge is 0.394 e. The number of aryl methyl sites for hydroxylation is 1. The van der Waals surface area contributed by atoms with E-state index >= 15 is 0 Å². The Morgan fingerprint density at radius 2 is 1.86 bits per heavy atom. The summed E-state index contributed by atoms with van der Waals surface area (Å²) in [6, 6.07) is 0. The van der Waals surface area contributed by atoms with Gasteiger partial charge >= 0.3 is 0 Å². The van der Waals surface area contributed by atoms with Crippen LogP contribution in [0.5, 0.6) is 0 Å². The van der Waals surface area contributed by atoms with Gasteiger partial charge in [0.1, 0.15) is 0 Å². The van der Waals surface area contributed by atoms with Crippen molar-refractivity contribution in [3.63, 3.8) is 0 Å². The molecule has 2 N–H and O–H groups in total. The van der Waals surface area contributed by atoms with Gasteiger partial charge in [-0.15, -0.1) is 24.8 Å². The first kappa shape index (κ1) is 13.4. The van der Waals surface area contributed by atoms with Crippen molar-refractivity contribution in [2.75, 3.05) is 23.7 Å². The van der Waals surface area contributed by atoms with E-state index in [1.807, 2.05) is 13.2 Å². The maximum atomic E-state index is 5.80. The Bertz CT molecular complexity index is 281. The predicted octanol–water partition coefficient (Wildman–Crippen LogP) is 1.45. The Kier molecular flexibility index (Phi) is 5.08. The topological polar surface area (TPSA) is 47.1 Å². The molecular weight excluding hydrogens is 223 g/mol. The average Bonchev–Trinajstić information content (AvgIpc) is 2.58. The molecule has 4 nitrogen and oxygen atoms in total. The molecule has 2 heterocycles. The first-order valence-electron chi connectivity index (χ1n) is 4.31. The average molecular weight is 239 g/mol. The molecule has 1 aliphatic heterocycles. The third-order valence-electron chi connectivity index (χ3n) is 2.24. The summed E-state index contributed by atoms with van der Waals surface area (Å²) in [4.78, 5) is 2.25. The summed E-state index contributed by atoms with van der Waals surface area (Å²) >= 11 is 0. The van der Waals surface area contributed by atoms with Crippen molar-refractivity contribution in [2.24, 2.45) is 7.05 Å². The van der Waals surface area contributed by atoms with Crippen molar-refractivity contribution in [3.05, 3.63) is 6.20 Å². The van der Waals surface area contributed by atoms with Crippen molar-refractivity contribution in [3.8, 4) is 0 Å². The van der Waals surface area contributed by atoms with Gasteiger partial charge < -0.3 is 10.6 Å². The zero-order valence-corrected chi connectivity index (χ0v) is 9.77. The number of hydrogen-bond acceptors (Lipinski definition) is 3. The molecule has 82 valence electrons. The van der Waals surface area contributed by atoms with Crippen LogP contribution in [0.3, 0.4) is 0 Å². The third kappa shape index (κ3) is 2.45. The molecular formula is C8H16Cl2N4. The van der Waals surface area contributed by atoms with Crippen LogP contribution in [0.25, 0.3) is 0 Å². The lowest BCUT2D eigenvalue weighted by atomic mass is 10.4. The molecule has 0 radical (unpaired) electrons. The molecule has 2 rings (SSSR count). The Balaban J connectivity index is 0.000000845. The minimum Gasteiger partial charge on any atom is -0.394 e. The number of hydrogen-bond donors (Lipinski definition) is 1. The van der Waals surface area contributed by atoms with Crippen LogP contribution in [0, 0.1) is 0 Å². The molecule has 0 saturated carbocycles. The van der Waals surface area contributed by atoms with Gasteiger partial charge in [0.2, 0.25) is 0 Å². The van der Waals surface area contributed by atoms with E-state index in [1.54, 1.807) is 4.68 Å². The van der Waals surface area contributed by atoms with Gasteiger partial charge in [-0.05, 0) is 12.8 Å². The SMILES string of the molecule is Cl.Cl.Cn1cc(N)c(N2CCCC2)n1. The fourth-order valence-corrected chi connectivity index (χ4v) is 1.67. The van der Waals surface area contributed by atoms with E-state index in [9.17, 15) is 0 Å². The van der Waals surface area contributed by atoms with Gasteiger partial charge in [0.25, 0.3) is 0 Å². The molecule has 1 fully saturated rings. The van der Waals surface area contributed by atoms with Crippen LogP contribution in [0.15, 0.2) is 6.20 Å². The van der Waals surface area contributed by atoms with Crippen LogP contribution in [-0.2, 0) is 7.05 Å². The van der Waals surface area contributed by atoms with Gasteiger partial charge in [0.15, 0.2) is 5.82 Å². The molecule has 0 atom stereocenters. The van der Waals surface area contributed by atoms with Crippen molar-refractivity contribution in [1.29, 1.82) is 0 Å². The second-order valence-electron chi connectivity index (χ2n) is 3.28. The summed E-state index contributed by atoms with van der Waals surface area (Å²) in [6.07, 6.45) is 4.37. The number of rotatable bonds is 1. The molecule has 6 heteroatoms. The number of nitrogen functional groups attached to an aromatic ring is 1. The Labute approximate surface area is 96.3 Å². The summed E-state index contributed by atoms with van der Waals surface area (Å²) in [5, 5.41) is 4.31. The van der Waals surface area contributed by atoms with E-state index in [0.29, 0.717) is 0 Å². The van der Waals surface area contributed by atoms with Crippen LogP contribution < -0.4 is 10.6 Å². The molecule has 1 saturated heterocycles. The number of nitrogens with two attached hydrogens (primary N) is 1. The zero-order chi connectivity index (χ0) is 8.55. The minimum atomic E-state index is 0. The van der Waals surface area contributed by atoms with Crippen molar-refractivity contribution < 1.29 is 0 Å². The summed E-state index contributed by atoms with van der Waals surface area (Å²) < 4.78 is 1.77. The fraction of sp³-hybridized carbons (Fsp3) is 0.625. The van der Waals surface area contributed by atoms with Crippen molar-refractivity contribution in [2.45, 2.75) is 12.8 Å². The second kappa shape index (κ2) is 5.32. The van der Waals surface area contributed by atoms with Crippen molar-refractivity contribution >= 4 is 36.3 Å². The number of anilines is 2. The van der Waals surface area contributed by atoms with Gasteiger partial charge in [0, 0.05) is 26.3 Å². The standard InChI is InChI=1S/C8H14N4.2ClH/c1-11-6-7(9)8(10-11)12-4-2-3-5-12;;/h6H,2-5,9H2,1H3;2*1H. The predicted molar refractivity (Wildman–Crippen MR) is 63.6 cm³/mol. The molecule has 14 heavy (non-hydrogen) atoms. The van der Waals surface area contributed by atoms with Gasteiger partial charge in [-0.25, -0.2) is 0 Å². The van der Waals surface area contributed by atoms with E-state index in [4.69, 9.17) is 5.73 Å². The van der Waals surface area contributed by atoms with Crippen LogP contribution in [0.4, 0.5) is 11.5 Å². The highest BCUT2D eigenvalue weighted by Gasteiger charge is 2.17. The van der Waals surface area contributed by atoms with Crippen LogP contribution in [-0.4, -0.2) is 22.9 Å². The molecule has 0 spiro atoms. The summed E-state index contributed by atoms with van der Waals surface area (Å²) in [5.41, 5.74) is 6.59. The summed E-state index contributed by atoms with van der Waals surface area (Å²) in [5.74, 6) is 0.954. The van der Waals surface area contributed by atoms with Crippen LogP contribution in [0.2, 0.25) is 0 Å². The van der Waals surface area contributed by atoms with E-state index in [-0.39, 0.29) is 24.8 Å². The molecule has 0 aromatic carbocycles. The molecule has 1 aliphatic rings. The van der Waals surface area contributed by atoms with E-state index in [0.717, 1.165) is 24.6 Å². The summed E-state index contributed by atoms with van der Waals surface area (Å²) in [6.45, 7) is 2.20. The molecule has 0 amide bonds. The Morgan fingerprint density at radius 1 is 1.29 bits per heavy atom. The molecule has 1 aromatic heterocycles. The van der Waals surface area contributed by atoms with Gasteiger partial charge in [0.05, 0.1) is 5.69 Å². The maximum Gasteiger partial charge on any atom is 0.173 e. The fourth-order valence-electron chi connectivity index (χ4n) is 1.67. The highest BCUT2D eigenvalue weighted by molar-refractivity contribution is 5.85. The molecule has 1 aromatic rings. The zero-order valence-electron chi connectivity index (χ0n) is 8.14. The van der Waals surface area contributed by atoms with E-state index in [1.165, 1.54) is 12.8 Å². The lowest BCUT2D eigenvalue weighted by molar-refractivity contribution is 0.755. The quantitative estimate of drug-likeness (QED) is 0.806. The second-order valence-corrected chi connectivity index (χ2v) is 3.28. The van der Waals surface area contributed by atoms with Crippen LogP contribution in [0.1, 0.15) is 12.8 Å². The van der Waals surface area contributed by atoms with Crippen molar-refractivity contribution in [1.82, 2.24) is 9.78 Å². The highest BCUT2D eigenvalue weighted by Crippen LogP contribution is 2.23. The van der Waals surface area contributed by atoms with Gasteiger partial charge in [-0.1, -0.05) is 0 Å².